The molecule has 7 nitrogen and oxygen atoms in total. The summed E-state index contributed by atoms with van der Waals surface area (Å²) in [5.74, 6) is 1.32. The Bertz CT molecular complexity index is 602. The molecular weight excluding hydrogens is 286 g/mol. The van der Waals surface area contributed by atoms with Crippen LogP contribution in [0.3, 0.4) is 0 Å². The van der Waals surface area contributed by atoms with Gasteiger partial charge in [0.1, 0.15) is 6.04 Å². The first kappa shape index (κ1) is 14.6. The Hall–Kier alpha value is -1.83. The molecule has 0 saturated carbocycles. The number of aliphatic hydroxyl groups excluding tert-OH is 1. The molecule has 0 spiro atoms. The van der Waals surface area contributed by atoms with Gasteiger partial charge in [-0.15, -0.1) is 0 Å². The van der Waals surface area contributed by atoms with Gasteiger partial charge in [-0.3, -0.25) is 0 Å². The Morgan fingerprint density at radius 2 is 2.15 bits per heavy atom. The number of halogens is 1. The zero-order valence-electron chi connectivity index (χ0n) is 11.0. The largest absolute Gasteiger partial charge is 0.493 e. The van der Waals surface area contributed by atoms with Crippen molar-refractivity contribution in [1.82, 2.24) is 10.1 Å². The van der Waals surface area contributed by atoms with Crippen molar-refractivity contribution in [2.24, 2.45) is 5.73 Å². The molecule has 0 radical (unpaired) electrons. The third-order valence-corrected chi connectivity index (χ3v) is 2.93. The van der Waals surface area contributed by atoms with Gasteiger partial charge in [0.15, 0.2) is 11.5 Å². The fourth-order valence-electron chi connectivity index (χ4n) is 1.63. The Morgan fingerprint density at radius 1 is 1.40 bits per heavy atom. The van der Waals surface area contributed by atoms with E-state index < -0.39 is 6.04 Å². The van der Waals surface area contributed by atoms with Gasteiger partial charge >= 0.3 is 0 Å². The second kappa shape index (κ2) is 6.08. The highest BCUT2D eigenvalue weighted by molar-refractivity contribution is 6.32. The number of nitrogens with two attached hydrogens (primary N) is 1. The molecule has 2 rings (SSSR count). The summed E-state index contributed by atoms with van der Waals surface area (Å²) in [5, 5.41) is 13.1. The average molecular weight is 300 g/mol. The lowest BCUT2D eigenvalue weighted by Crippen LogP contribution is -2.14. The molecule has 3 N–H and O–H groups in total. The van der Waals surface area contributed by atoms with Crippen molar-refractivity contribution in [2.45, 2.75) is 6.04 Å². The highest BCUT2D eigenvalue weighted by Gasteiger charge is 2.18. The third kappa shape index (κ3) is 2.69. The number of aromatic nitrogens is 2. The second-order valence-electron chi connectivity index (χ2n) is 3.94. The van der Waals surface area contributed by atoms with Crippen LogP contribution < -0.4 is 15.2 Å². The summed E-state index contributed by atoms with van der Waals surface area (Å²) < 4.78 is 15.3. The summed E-state index contributed by atoms with van der Waals surface area (Å²) in [6, 6.07) is 2.58. The van der Waals surface area contributed by atoms with Gasteiger partial charge in [-0.05, 0) is 12.1 Å². The minimum atomic E-state index is -0.716. The first-order valence-electron chi connectivity index (χ1n) is 5.72. The van der Waals surface area contributed by atoms with Crippen LogP contribution in [0, 0.1) is 0 Å². The van der Waals surface area contributed by atoms with Gasteiger partial charge in [0.25, 0.3) is 0 Å². The molecule has 0 unspecified atom stereocenters. The van der Waals surface area contributed by atoms with Gasteiger partial charge in [0, 0.05) is 5.56 Å². The zero-order valence-corrected chi connectivity index (χ0v) is 11.7. The van der Waals surface area contributed by atoms with Crippen LogP contribution >= 0.6 is 11.6 Å². The number of hydrogen-bond acceptors (Lipinski definition) is 7. The fraction of sp³-hybridized carbons (Fsp3) is 0.333. The molecule has 8 heteroatoms. The van der Waals surface area contributed by atoms with Crippen LogP contribution in [0.1, 0.15) is 11.9 Å². The van der Waals surface area contributed by atoms with E-state index in [0.29, 0.717) is 27.9 Å². The van der Waals surface area contributed by atoms with Crippen molar-refractivity contribution in [3.63, 3.8) is 0 Å². The molecule has 1 atom stereocenters. The Morgan fingerprint density at radius 3 is 2.75 bits per heavy atom. The number of hydrogen-bond donors (Lipinski definition) is 2. The van der Waals surface area contributed by atoms with Crippen LogP contribution in [0.15, 0.2) is 16.7 Å². The van der Waals surface area contributed by atoms with Crippen LogP contribution in [0.25, 0.3) is 11.4 Å². The lowest BCUT2D eigenvalue weighted by molar-refractivity contribution is 0.237. The van der Waals surface area contributed by atoms with Crippen LogP contribution in [-0.2, 0) is 0 Å². The predicted molar refractivity (Wildman–Crippen MR) is 71.9 cm³/mol. The summed E-state index contributed by atoms with van der Waals surface area (Å²) in [4.78, 5) is 4.11. The summed E-state index contributed by atoms with van der Waals surface area (Å²) in [5.41, 5.74) is 6.19. The molecule has 0 fully saturated rings. The molecule has 0 aliphatic carbocycles. The van der Waals surface area contributed by atoms with E-state index in [4.69, 9.17) is 36.4 Å². The van der Waals surface area contributed by atoms with Gasteiger partial charge in [0.2, 0.25) is 11.7 Å². The molecule has 108 valence electrons. The van der Waals surface area contributed by atoms with Gasteiger partial charge in [-0.25, -0.2) is 0 Å². The molecule has 1 aromatic heterocycles. The van der Waals surface area contributed by atoms with E-state index in [1.807, 2.05) is 0 Å². The Labute approximate surface area is 120 Å². The van der Waals surface area contributed by atoms with E-state index >= 15 is 0 Å². The van der Waals surface area contributed by atoms with Crippen molar-refractivity contribution >= 4 is 11.6 Å². The van der Waals surface area contributed by atoms with Crippen LogP contribution in [0.5, 0.6) is 11.5 Å². The molecular formula is C12H14ClN3O4. The molecule has 1 aromatic carbocycles. The zero-order chi connectivity index (χ0) is 14.7. The van der Waals surface area contributed by atoms with Gasteiger partial charge < -0.3 is 24.8 Å². The number of aliphatic hydroxyl groups is 1. The van der Waals surface area contributed by atoms with E-state index in [0.717, 1.165) is 0 Å². The predicted octanol–water partition coefficient (Wildman–Crippen LogP) is 1.40. The van der Waals surface area contributed by atoms with Crippen molar-refractivity contribution in [3.8, 4) is 22.9 Å². The third-order valence-electron chi connectivity index (χ3n) is 2.65. The first-order valence-corrected chi connectivity index (χ1v) is 6.10. The quantitative estimate of drug-likeness (QED) is 0.860. The lowest BCUT2D eigenvalue weighted by atomic mass is 10.2. The molecule has 0 bridgehead atoms. The molecule has 2 aromatic rings. The monoisotopic (exact) mass is 299 g/mol. The van der Waals surface area contributed by atoms with Crippen LogP contribution in [0.4, 0.5) is 0 Å². The van der Waals surface area contributed by atoms with Crippen molar-refractivity contribution in [1.29, 1.82) is 0 Å². The highest BCUT2D eigenvalue weighted by atomic mass is 35.5. The number of ether oxygens (including phenoxy) is 2. The first-order chi connectivity index (χ1) is 9.60. The average Bonchev–Trinajstić information content (AvgIpc) is 2.95. The van der Waals surface area contributed by atoms with Crippen LogP contribution in [-0.4, -0.2) is 36.1 Å². The molecule has 0 aliphatic rings. The maximum Gasteiger partial charge on any atom is 0.246 e. The number of nitrogens with zero attached hydrogens (tertiary/aromatic N) is 2. The number of rotatable bonds is 5. The lowest BCUT2D eigenvalue weighted by Gasteiger charge is -2.10. The molecule has 0 saturated heterocycles. The maximum absolute atomic E-state index is 8.95. The van der Waals surface area contributed by atoms with Crippen molar-refractivity contribution in [2.75, 3.05) is 20.8 Å². The normalized spacial score (nSPS) is 12.2. The van der Waals surface area contributed by atoms with E-state index in [1.54, 1.807) is 12.1 Å². The van der Waals surface area contributed by atoms with Gasteiger partial charge in [-0.2, -0.15) is 4.98 Å². The Kier molecular flexibility index (Phi) is 4.43. The van der Waals surface area contributed by atoms with E-state index in [9.17, 15) is 0 Å². The topological polar surface area (TPSA) is 104 Å². The molecule has 1 heterocycles. The molecule has 0 amide bonds. The summed E-state index contributed by atoms with van der Waals surface area (Å²) in [6.45, 7) is -0.283. The van der Waals surface area contributed by atoms with E-state index in [-0.39, 0.29) is 12.5 Å². The standard InChI is InChI=1S/C12H14ClN3O4/c1-18-9-4-6(3-7(13)10(9)19-2)11-15-12(20-16-11)8(14)5-17/h3-4,8,17H,5,14H2,1-2H3/t8-/m1/s1. The SMILES string of the molecule is COc1cc(-c2noc([C@H](N)CO)n2)cc(Cl)c1OC. The van der Waals surface area contributed by atoms with Crippen molar-refractivity contribution in [3.05, 3.63) is 23.0 Å². The second-order valence-corrected chi connectivity index (χ2v) is 4.35. The Balaban J connectivity index is 2.42. The fourth-order valence-corrected chi connectivity index (χ4v) is 1.92. The van der Waals surface area contributed by atoms with Crippen molar-refractivity contribution < 1.29 is 19.1 Å². The smallest absolute Gasteiger partial charge is 0.246 e. The van der Waals surface area contributed by atoms with E-state index in [2.05, 4.69) is 10.1 Å². The summed E-state index contributed by atoms with van der Waals surface area (Å²) >= 11 is 6.10. The maximum atomic E-state index is 8.95. The van der Waals surface area contributed by atoms with Gasteiger partial charge in [0.05, 0.1) is 25.8 Å². The minimum absolute atomic E-state index is 0.147. The molecule has 0 aliphatic heterocycles. The van der Waals surface area contributed by atoms with Crippen LogP contribution in [0.2, 0.25) is 5.02 Å². The highest BCUT2D eigenvalue weighted by Crippen LogP contribution is 2.38. The molecule has 20 heavy (non-hydrogen) atoms. The van der Waals surface area contributed by atoms with Gasteiger partial charge in [-0.1, -0.05) is 16.8 Å². The summed E-state index contributed by atoms with van der Waals surface area (Å²) in [6.07, 6.45) is 0. The van der Waals surface area contributed by atoms with E-state index in [1.165, 1.54) is 14.2 Å². The minimum Gasteiger partial charge on any atom is -0.493 e. The number of methoxy groups -OCH3 is 2. The number of benzene rings is 1. The summed E-state index contributed by atoms with van der Waals surface area (Å²) in [7, 11) is 3.00.